The van der Waals surface area contributed by atoms with Crippen molar-refractivity contribution >= 4 is 0 Å². The van der Waals surface area contributed by atoms with Gasteiger partial charge in [0.25, 0.3) is 0 Å². The molecule has 0 saturated carbocycles. The standard InChI is InChI=1S/C13H20O4/c1-8-6-9(2)11(10(7-8)15-3)12(14)13(16-4)17-5/h6-7,12-14H,1-5H3. The Balaban J connectivity index is 3.19. The molecule has 17 heavy (non-hydrogen) atoms. The second-order valence-electron chi connectivity index (χ2n) is 3.98. The highest BCUT2D eigenvalue weighted by molar-refractivity contribution is 5.44. The van der Waals surface area contributed by atoms with Crippen LogP contribution < -0.4 is 4.74 Å². The van der Waals surface area contributed by atoms with Crippen molar-refractivity contribution < 1.29 is 19.3 Å². The lowest BCUT2D eigenvalue weighted by molar-refractivity contribution is -0.166. The molecule has 4 heteroatoms. The lowest BCUT2D eigenvalue weighted by Gasteiger charge is -2.23. The Bertz CT molecular complexity index is 372. The van der Waals surface area contributed by atoms with Gasteiger partial charge < -0.3 is 19.3 Å². The Hall–Kier alpha value is -1.10. The summed E-state index contributed by atoms with van der Waals surface area (Å²) in [6, 6.07) is 3.87. The summed E-state index contributed by atoms with van der Waals surface area (Å²) in [5.41, 5.74) is 2.74. The fourth-order valence-corrected chi connectivity index (χ4v) is 1.98. The Morgan fingerprint density at radius 1 is 1.06 bits per heavy atom. The highest BCUT2D eigenvalue weighted by atomic mass is 16.7. The fraction of sp³-hybridized carbons (Fsp3) is 0.538. The summed E-state index contributed by atoms with van der Waals surface area (Å²) in [6.45, 7) is 3.91. The SMILES string of the molecule is COc1cc(C)cc(C)c1C(O)C(OC)OC. The molecular weight excluding hydrogens is 220 g/mol. The van der Waals surface area contributed by atoms with Gasteiger partial charge in [0.05, 0.1) is 7.11 Å². The molecule has 0 bridgehead atoms. The number of aryl methyl sites for hydroxylation is 2. The van der Waals surface area contributed by atoms with Crippen LogP contribution in [0.5, 0.6) is 5.75 Å². The zero-order valence-electron chi connectivity index (χ0n) is 11.0. The second kappa shape index (κ2) is 6.00. The van der Waals surface area contributed by atoms with Crippen molar-refractivity contribution in [3.8, 4) is 5.75 Å². The van der Waals surface area contributed by atoms with Gasteiger partial charge in [-0.2, -0.15) is 0 Å². The minimum Gasteiger partial charge on any atom is -0.496 e. The Labute approximate surface area is 102 Å². The quantitative estimate of drug-likeness (QED) is 0.799. The van der Waals surface area contributed by atoms with E-state index in [1.54, 1.807) is 7.11 Å². The topological polar surface area (TPSA) is 47.9 Å². The number of hydrogen-bond donors (Lipinski definition) is 1. The normalized spacial score (nSPS) is 12.9. The van der Waals surface area contributed by atoms with Crippen molar-refractivity contribution in [2.75, 3.05) is 21.3 Å². The number of methoxy groups -OCH3 is 3. The van der Waals surface area contributed by atoms with Gasteiger partial charge in [-0.05, 0) is 31.0 Å². The Morgan fingerprint density at radius 2 is 1.65 bits per heavy atom. The monoisotopic (exact) mass is 240 g/mol. The first kappa shape index (κ1) is 14.0. The van der Waals surface area contributed by atoms with E-state index in [4.69, 9.17) is 14.2 Å². The summed E-state index contributed by atoms with van der Waals surface area (Å²) in [4.78, 5) is 0. The van der Waals surface area contributed by atoms with Crippen LogP contribution >= 0.6 is 0 Å². The molecule has 0 heterocycles. The van der Waals surface area contributed by atoms with Crippen LogP contribution in [-0.4, -0.2) is 32.7 Å². The minimum atomic E-state index is -0.874. The van der Waals surface area contributed by atoms with E-state index in [9.17, 15) is 5.11 Å². The van der Waals surface area contributed by atoms with Crippen LogP contribution in [-0.2, 0) is 9.47 Å². The van der Waals surface area contributed by atoms with E-state index in [0.717, 1.165) is 11.1 Å². The van der Waals surface area contributed by atoms with Gasteiger partial charge >= 0.3 is 0 Å². The van der Waals surface area contributed by atoms with Crippen LogP contribution in [0.2, 0.25) is 0 Å². The van der Waals surface area contributed by atoms with Crippen molar-refractivity contribution in [2.45, 2.75) is 26.2 Å². The van der Waals surface area contributed by atoms with Gasteiger partial charge in [0.1, 0.15) is 11.9 Å². The molecular formula is C13H20O4. The van der Waals surface area contributed by atoms with Gasteiger partial charge in [-0.1, -0.05) is 6.07 Å². The van der Waals surface area contributed by atoms with Crippen molar-refractivity contribution in [1.82, 2.24) is 0 Å². The van der Waals surface area contributed by atoms with E-state index in [2.05, 4.69) is 0 Å². The summed E-state index contributed by atoms with van der Waals surface area (Å²) in [7, 11) is 4.57. The van der Waals surface area contributed by atoms with Crippen molar-refractivity contribution in [1.29, 1.82) is 0 Å². The van der Waals surface area contributed by atoms with E-state index in [-0.39, 0.29) is 0 Å². The van der Waals surface area contributed by atoms with E-state index in [0.29, 0.717) is 11.3 Å². The summed E-state index contributed by atoms with van der Waals surface area (Å²) < 4.78 is 15.4. The van der Waals surface area contributed by atoms with Crippen LogP contribution in [0.4, 0.5) is 0 Å². The number of ether oxygens (including phenoxy) is 3. The molecule has 0 aliphatic rings. The van der Waals surface area contributed by atoms with Crippen LogP contribution in [0, 0.1) is 13.8 Å². The van der Waals surface area contributed by atoms with Crippen molar-refractivity contribution in [3.05, 3.63) is 28.8 Å². The maximum absolute atomic E-state index is 10.2. The molecule has 96 valence electrons. The molecule has 0 spiro atoms. The largest absolute Gasteiger partial charge is 0.496 e. The zero-order chi connectivity index (χ0) is 13.0. The number of rotatable bonds is 5. The van der Waals surface area contributed by atoms with Crippen LogP contribution in [0.3, 0.4) is 0 Å². The molecule has 1 aromatic rings. The predicted molar refractivity (Wildman–Crippen MR) is 65.2 cm³/mol. The molecule has 0 radical (unpaired) electrons. The number of hydrogen-bond acceptors (Lipinski definition) is 4. The molecule has 4 nitrogen and oxygen atoms in total. The van der Waals surface area contributed by atoms with Gasteiger partial charge in [0.2, 0.25) is 0 Å². The molecule has 1 unspecified atom stereocenters. The second-order valence-corrected chi connectivity index (χ2v) is 3.98. The third-order valence-electron chi connectivity index (χ3n) is 2.73. The van der Waals surface area contributed by atoms with Gasteiger partial charge in [0.15, 0.2) is 6.29 Å². The molecule has 0 aromatic heterocycles. The number of benzene rings is 1. The van der Waals surface area contributed by atoms with Crippen molar-refractivity contribution in [2.24, 2.45) is 0 Å². The summed E-state index contributed by atoms with van der Waals surface area (Å²) in [5, 5.41) is 10.2. The first-order valence-corrected chi connectivity index (χ1v) is 5.44. The first-order valence-electron chi connectivity index (χ1n) is 5.44. The summed E-state index contributed by atoms with van der Waals surface area (Å²) in [5.74, 6) is 0.647. The lowest BCUT2D eigenvalue weighted by atomic mass is 9.99. The van der Waals surface area contributed by atoms with Gasteiger partial charge in [-0.3, -0.25) is 0 Å². The Kier molecular flexibility index (Phi) is 4.93. The maximum Gasteiger partial charge on any atom is 0.187 e. The fourth-order valence-electron chi connectivity index (χ4n) is 1.98. The smallest absolute Gasteiger partial charge is 0.187 e. The summed E-state index contributed by atoms with van der Waals surface area (Å²) in [6.07, 6.45) is -1.58. The molecule has 1 rings (SSSR count). The molecule has 0 aliphatic carbocycles. The van der Waals surface area contributed by atoms with Gasteiger partial charge in [-0.15, -0.1) is 0 Å². The highest BCUT2D eigenvalue weighted by Crippen LogP contribution is 2.32. The van der Waals surface area contributed by atoms with Crippen molar-refractivity contribution in [3.63, 3.8) is 0 Å². The Morgan fingerprint density at radius 3 is 2.12 bits per heavy atom. The molecule has 0 aliphatic heterocycles. The van der Waals surface area contributed by atoms with E-state index >= 15 is 0 Å². The summed E-state index contributed by atoms with van der Waals surface area (Å²) >= 11 is 0. The first-order chi connectivity index (χ1) is 8.04. The molecule has 1 N–H and O–H groups in total. The van der Waals surface area contributed by atoms with Crippen LogP contribution in [0.25, 0.3) is 0 Å². The third-order valence-corrected chi connectivity index (χ3v) is 2.73. The average Bonchev–Trinajstić information content (AvgIpc) is 2.29. The molecule has 1 atom stereocenters. The number of aliphatic hydroxyl groups excluding tert-OH is 1. The third kappa shape index (κ3) is 2.97. The maximum atomic E-state index is 10.2. The molecule has 1 aromatic carbocycles. The van der Waals surface area contributed by atoms with E-state index in [1.165, 1.54) is 14.2 Å². The highest BCUT2D eigenvalue weighted by Gasteiger charge is 2.25. The van der Waals surface area contributed by atoms with E-state index in [1.807, 2.05) is 26.0 Å². The van der Waals surface area contributed by atoms with Crippen LogP contribution in [0.15, 0.2) is 12.1 Å². The van der Waals surface area contributed by atoms with Crippen LogP contribution in [0.1, 0.15) is 22.8 Å². The average molecular weight is 240 g/mol. The lowest BCUT2D eigenvalue weighted by Crippen LogP contribution is -2.24. The van der Waals surface area contributed by atoms with Gasteiger partial charge in [0, 0.05) is 19.8 Å². The number of aliphatic hydroxyl groups is 1. The molecule has 0 amide bonds. The predicted octanol–water partition coefficient (Wildman–Crippen LogP) is 1.96. The van der Waals surface area contributed by atoms with Gasteiger partial charge in [-0.25, -0.2) is 0 Å². The molecule has 0 saturated heterocycles. The van der Waals surface area contributed by atoms with E-state index < -0.39 is 12.4 Å². The zero-order valence-corrected chi connectivity index (χ0v) is 11.0. The molecule has 0 fully saturated rings. The minimum absolute atomic E-state index is 0.647.